The zero-order chi connectivity index (χ0) is 17.4. The maximum absolute atomic E-state index is 12.9. The molecule has 1 fully saturated rings. The highest BCUT2D eigenvalue weighted by atomic mass is 32.2. The van der Waals surface area contributed by atoms with Crippen LogP contribution in [0.4, 0.5) is 0 Å². The highest BCUT2D eigenvalue weighted by molar-refractivity contribution is 7.89. The molecule has 1 aromatic carbocycles. The van der Waals surface area contributed by atoms with Gasteiger partial charge in [-0.3, -0.25) is 4.98 Å². The predicted molar refractivity (Wildman–Crippen MR) is 95.1 cm³/mol. The molecule has 1 aromatic heterocycles. The molecule has 1 heterocycles. The highest BCUT2D eigenvalue weighted by Gasteiger charge is 2.38. The lowest BCUT2D eigenvalue weighted by atomic mass is 9.87. The minimum Gasteiger partial charge on any atom is -0.263 e. The monoisotopic (exact) mass is 344 g/mol. The van der Waals surface area contributed by atoms with Gasteiger partial charge in [0, 0.05) is 25.0 Å². The zero-order valence-electron chi connectivity index (χ0n) is 14.4. The normalized spacial score (nSPS) is 15.7. The van der Waals surface area contributed by atoms with Crippen molar-refractivity contribution in [2.75, 3.05) is 0 Å². The van der Waals surface area contributed by atoms with E-state index in [1.54, 1.807) is 22.6 Å². The molecular formula is C19H24N2O2S. The number of aromatic nitrogens is 1. The third-order valence-electron chi connectivity index (χ3n) is 4.35. The number of pyridine rings is 1. The minimum atomic E-state index is -3.50. The first kappa shape index (κ1) is 17.1. The molecule has 0 radical (unpaired) electrons. The van der Waals surface area contributed by atoms with Crippen molar-refractivity contribution in [1.29, 1.82) is 0 Å². The van der Waals surface area contributed by atoms with Crippen LogP contribution >= 0.6 is 0 Å². The van der Waals surface area contributed by atoms with Gasteiger partial charge in [0.05, 0.1) is 0 Å². The SMILES string of the molecule is CC(C)(C)c1ccc(CN(C2CC2)S(=O)(=O)c2cccnc2)cc1. The minimum absolute atomic E-state index is 0.0937. The standard InChI is InChI=1S/C19H24N2O2S/c1-19(2,3)16-8-6-15(7-9-16)14-21(17-10-11-17)24(22,23)18-5-4-12-20-13-18/h4-9,12-13,17H,10-11,14H2,1-3H3. The molecule has 0 amide bonds. The van der Waals surface area contributed by atoms with Crippen molar-refractivity contribution < 1.29 is 8.42 Å². The first-order valence-electron chi connectivity index (χ1n) is 8.30. The number of sulfonamides is 1. The smallest absolute Gasteiger partial charge is 0.245 e. The maximum Gasteiger partial charge on any atom is 0.245 e. The van der Waals surface area contributed by atoms with Gasteiger partial charge in [0.1, 0.15) is 4.90 Å². The molecule has 1 aliphatic carbocycles. The van der Waals surface area contributed by atoms with Crippen LogP contribution in [0.1, 0.15) is 44.7 Å². The molecule has 1 aliphatic rings. The number of benzene rings is 1. The van der Waals surface area contributed by atoms with Gasteiger partial charge >= 0.3 is 0 Å². The fourth-order valence-electron chi connectivity index (χ4n) is 2.70. The van der Waals surface area contributed by atoms with Crippen LogP contribution in [0.5, 0.6) is 0 Å². The molecule has 0 aliphatic heterocycles. The van der Waals surface area contributed by atoms with E-state index in [1.165, 1.54) is 11.8 Å². The second-order valence-electron chi connectivity index (χ2n) is 7.42. The van der Waals surface area contributed by atoms with Crippen LogP contribution in [-0.4, -0.2) is 23.7 Å². The first-order chi connectivity index (χ1) is 11.3. The molecule has 4 nitrogen and oxygen atoms in total. The Morgan fingerprint density at radius 3 is 2.29 bits per heavy atom. The quantitative estimate of drug-likeness (QED) is 0.830. The second kappa shape index (κ2) is 6.30. The molecule has 0 bridgehead atoms. The van der Waals surface area contributed by atoms with Crippen LogP contribution < -0.4 is 0 Å². The van der Waals surface area contributed by atoms with Gasteiger partial charge < -0.3 is 0 Å². The van der Waals surface area contributed by atoms with E-state index >= 15 is 0 Å². The number of hydrogen-bond donors (Lipinski definition) is 0. The lowest BCUT2D eigenvalue weighted by molar-refractivity contribution is 0.398. The van der Waals surface area contributed by atoms with Crippen molar-refractivity contribution in [3.05, 3.63) is 59.9 Å². The van der Waals surface area contributed by atoms with Crippen LogP contribution in [0.2, 0.25) is 0 Å². The van der Waals surface area contributed by atoms with Gasteiger partial charge in [-0.15, -0.1) is 0 Å². The van der Waals surface area contributed by atoms with E-state index in [1.807, 2.05) is 12.1 Å². The molecule has 24 heavy (non-hydrogen) atoms. The van der Waals surface area contributed by atoms with Crippen LogP contribution in [0.25, 0.3) is 0 Å². The van der Waals surface area contributed by atoms with E-state index in [0.29, 0.717) is 6.54 Å². The van der Waals surface area contributed by atoms with E-state index in [9.17, 15) is 8.42 Å². The Kier molecular flexibility index (Phi) is 4.49. The molecule has 0 N–H and O–H groups in total. The summed E-state index contributed by atoms with van der Waals surface area (Å²) in [5.74, 6) is 0. The van der Waals surface area contributed by atoms with E-state index in [4.69, 9.17) is 0 Å². The summed E-state index contributed by atoms with van der Waals surface area (Å²) < 4.78 is 27.5. The van der Waals surface area contributed by atoms with Gasteiger partial charge in [-0.2, -0.15) is 4.31 Å². The molecule has 0 saturated heterocycles. The van der Waals surface area contributed by atoms with Crippen LogP contribution in [0, 0.1) is 0 Å². The number of rotatable bonds is 5. The molecular weight excluding hydrogens is 320 g/mol. The molecule has 0 atom stereocenters. The Morgan fingerprint density at radius 2 is 1.79 bits per heavy atom. The van der Waals surface area contributed by atoms with E-state index in [-0.39, 0.29) is 16.4 Å². The maximum atomic E-state index is 12.9. The topological polar surface area (TPSA) is 50.3 Å². The molecule has 0 unspecified atom stereocenters. The predicted octanol–water partition coefficient (Wildman–Crippen LogP) is 3.73. The fourth-order valence-corrected chi connectivity index (χ4v) is 4.34. The van der Waals surface area contributed by atoms with Crippen LogP contribution in [0.3, 0.4) is 0 Å². The molecule has 3 rings (SSSR count). The van der Waals surface area contributed by atoms with Crippen molar-refractivity contribution in [2.45, 2.75) is 56.5 Å². The number of hydrogen-bond acceptors (Lipinski definition) is 3. The molecule has 0 spiro atoms. The van der Waals surface area contributed by atoms with Gasteiger partial charge in [0.15, 0.2) is 0 Å². The Bertz CT molecular complexity index is 790. The summed E-state index contributed by atoms with van der Waals surface area (Å²) in [5, 5.41) is 0. The largest absolute Gasteiger partial charge is 0.263 e. The van der Waals surface area contributed by atoms with Crippen molar-refractivity contribution >= 4 is 10.0 Å². The summed E-state index contributed by atoms with van der Waals surface area (Å²) >= 11 is 0. The van der Waals surface area contributed by atoms with Gasteiger partial charge in [-0.1, -0.05) is 45.0 Å². The summed E-state index contributed by atoms with van der Waals surface area (Å²) in [6, 6.07) is 11.6. The molecule has 128 valence electrons. The molecule has 5 heteroatoms. The van der Waals surface area contributed by atoms with Gasteiger partial charge in [-0.05, 0) is 41.5 Å². The van der Waals surface area contributed by atoms with Crippen molar-refractivity contribution in [2.24, 2.45) is 0 Å². The summed E-state index contributed by atoms with van der Waals surface area (Å²) in [5.41, 5.74) is 2.36. The Morgan fingerprint density at radius 1 is 1.12 bits per heavy atom. The van der Waals surface area contributed by atoms with E-state index in [0.717, 1.165) is 18.4 Å². The van der Waals surface area contributed by atoms with E-state index in [2.05, 4.69) is 37.9 Å². The van der Waals surface area contributed by atoms with E-state index < -0.39 is 10.0 Å². The fraction of sp³-hybridized carbons (Fsp3) is 0.421. The average Bonchev–Trinajstić information content (AvgIpc) is 3.37. The third kappa shape index (κ3) is 3.68. The van der Waals surface area contributed by atoms with Crippen molar-refractivity contribution in [3.8, 4) is 0 Å². The Labute approximate surface area is 144 Å². The lowest BCUT2D eigenvalue weighted by Gasteiger charge is -2.23. The van der Waals surface area contributed by atoms with Gasteiger partial charge in [-0.25, -0.2) is 8.42 Å². The first-order valence-corrected chi connectivity index (χ1v) is 9.74. The average molecular weight is 344 g/mol. The molecule has 1 saturated carbocycles. The van der Waals surface area contributed by atoms with Gasteiger partial charge in [0.2, 0.25) is 10.0 Å². The second-order valence-corrected chi connectivity index (χ2v) is 9.31. The van der Waals surface area contributed by atoms with Crippen LogP contribution in [-0.2, 0) is 22.0 Å². The van der Waals surface area contributed by atoms with Gasteiger partial charge in [0.25, 0.3) is 0 Å². The lowest BCUT2D eigenvalue weighted by Crippen LogP contribution is -2.32. The van der Waals surface area contributed by atoms with Crippen molar-refractivity contribution in [3.63, 3.8) is 0 Å². The summed E-state index contributed by atoms with van der Waals surface area (Å²) in [4.78, 5) is 4.22. The zero-order valence-corrected chi connectivity index (χ0v) is 15.3. The third-order valence-corrected chi connectivity index (χ3v) is 6.24. The number of nitrogens with zero attached hydrogens (tertiary/aromatic N) is 2. The highest BCUT2D eigenvalue weighted by Crippen LogP contribution is 2.33. The van der Waals surface area contributed by atoms with Crippen LogP contribution in [0.15, 0.2) is 53.7 Å². The Hall–Kier alpha value is -1.72. The summed E-state index contributed by atoms with van der Waals surface area (Å²) in [7, 11) is -3.50. The van der Waals surface area contributed by atoms with Crippen molar-refractivity contribution in [1.82, 2.24) is 9.29 Å². The summed E-state index contributed by atoms with van der Waals surface area (Å²) in [6.07, 6.45) is 4.87. The molecule has 2 aromatic rings. The Balaban J connectivity index is 1.85. The summed E-state index contributed by atoms with van der Waals surface area (Å²) in [6.45, 7) is 6.93.